The number of ether oxygens (including phenoxy) is 1. The van der Waals surface area contributed by atoms with Gasteiger partial charge in [-0.05, 0) is 70.5 Å². The number of anilines is 2. The zero-order valence-electron chi connectivity index (χ0n) is 14.9. The molecule has 3 aromatic carbocycles. The average molecular weight is 494 g/mol. The maximum absolute atomic E-state index is 12.4. The van der Waals surface area contributed by atoms with Crippen molar-refractivity contribution in [2.24, 2.45) is 0 Å². The summed E-state index contributed by atoms with van der Waals surface area (Å²) in [5.41, 5.74) is 1.45. The largest absolute Gasteiger partial charge is 0.483 e. The van der Waals surface area contributed by atoms with Gasteiger partial charge in [-0.15, -0.1) is 0 Å². The number of nitrogens with one attached hydrogen (secondary N) is 2. The minimum atomic E-state index is -0.362. The van der Waals surface area contributed by atoms with E-state index in [-0.39, 0.29) is 18.4 Å². The van der Waals surface area contributed by atoms with E-state index in [4.69, 9.17) is 27.9 Å². The Morgan fingerprint density at radius 2 is 1.55 bits per heavy atom. The Hall–Kier alpha value is -2.54. The number of hydrogen-bond donors (Lipinski definition) is 2. The van der Waals surface area contributed by atoms with E-state index in [1.165, 1.54) is 0 Å². The molecular weight excluding hydrogens is 479 g/mol. The van der Waals surface area contributed by atoms with E-state index in [0.717, 1.165) is 0 Å². The number of halogens is 3. The van der Waals surface area contributed by atoms with Crippen LogP contribution < -0.4 is 15.4 Å². The lowest BCUT2D eigenvalue weighted by Gasteiger charge is -2.10. The molecule has 0 aliphatic heterocycles. The summed E-state index contributed by atoms with van der Waals surface area (Å²) < 4.78 is 6.13. The van der Waals surface area contributed by atoms with Gasteiger partial charge in [-0.25, -0.2) is 0 Å². The fraction of sp³-hybridized carbons (Fsp3) is 0.0476. The normalized spacial score (nSPS) is 10.3. The predicted octanol–water partition coefficient (Wildman–Crippen LogP) is 6.03. The SMILES string of the molecule is O=C(COc1ccc(Cl)cc1Br)Nc1cccc(C(=O)Nc2cccc(Cl)c2)c1. The fourth-order valence-electron chi connectivity index (χ4n) is 2.44. The van der Waals surface area contributed by atoms with Crippen LogP contribution in [0.5, 0.6) is 5.75 Å². The van der Waals surface area contributed by atoms with Gasteiger partial charge in [-0.1, -0.05) is 35.3 Å². The topological polar surface area (TPSA) is 67.4 Å². The maximum atomic E-state index is 12.4. The zero-order valence-corrected chi connectivity index (χ0v) is 18.0. The lowest BCUT2D eigenvalue weighted by Crippen LogP contribution is -2.20. The molecule has 0 radical (unpaired) electrons. The summed E-state index contributed by atoms with van der Waals surface area (Å²) in [6.45, 7) is -0.195. The highest BCUT2D eigenvalue weighted by Crippen LogP contribution is 2.28. The molecule has 3 aromatic rings. The molecule has 0 bridgehead atoms. The van der Waals surface area contributed by atoms with Gasteiger partial charge in [0.05, 0.1) is 4.47 Å². The van der Waals surface area contributed by atoms with Crippen LogP contribution in [0.3, 0.4) is 0 Å². The van der Waals surface area contributed by atoms with Crippen molar-refractivity contribution in [1.29, 1.82) is 0 Å². The van der Waals surface area contributed by atoms with Crippen molar-refractivity contribution in [3.05, 3.63) is 86.8 Å². The zero-order chi connectivity index (χ0) is 20.8. The Morgan fingerprint density at radius 3 is 2.28 bits per heavy atom. The smallest absolute Gasteiger partial charge is 0.262 e. The van der Waals surface area contributed by atoms with Crippen molar-refractivity contribution in [3.8, 4) is 5.75 Å². The van der Waals surface area contributed by atoms with Gasteiger partial charge in [0, 0.05) is 27.0 Å². The first-order chi connectivity index (χ1) is 13.9. The third-order valence-corrected chi connectivity index (χ3v) is 4.83. The van der Waals surface area contributed by atoms with Crippen molar-refractivity contribution in [2.75, 3.05) is 17.2 Å². The van der Waals surface area contributed by atoms with Gasteiger partial charge in [0.2, 0.25) is 0 Å². The van der Waals surface area contributed by atoms with Crippen LogP contribution >= 0.6 is 39.1 Å². The second kappa shape index (κ2) is 9.78. The fourth-order valence-corrected chi connectivity index (χ4v) is 3.43. The molecule has 0 atom stereocenters. The second-order valence-electron chi connectivity index (χ2n) is 5.96. The third-order valence-electron chi connectivity index (χ3n) is 3.74. The molecule has 0 aliphatic carbocycles. The van der Waals surface area contributed by atoms with Crippen LogP contribution in [0.25, 0.3) is 0 Å². The molecule has 3 rings (SSSR count). The molecule has 0 aromatic heterocycles. The Bertz CT molecular complexity index is 1060. The Morgan fingerprint density at radius 1 is 0.862 bits per heavy atom. The van der Waals surface area contributed by atoms with E-state index < -0.39 is 0 Å². The number of benzene rings is 3. The Balaban J connectivity index is 1.60. The predicted molar refractivity (Wildman–Crippen MR) is 119 cm³/mol. The lowest BCUT2D eigenvalue weighted by molar-refractivity contribution is -0.118. The minimum absolute atomic E-state index is 0.195. The van der Waals surface area contributed by atoms with Crippen LogP contribution in [-0.4, -0.2) is 18.4 Å². The summed E-state index contributed by atoms with van der Waals surface area (Å²) in [7, 11) is 0. The van der Waals surface area contributed by atoms with Crippen LogP contribution in [-0.2, 0) is 4.79 Å². The number of rotatable bonds is 6. The second-order valence-corrected chi connectivity index (χ2v) is 7.68. The van der Waals surface area contributed by atoms with Crippen molar-refractivity contribution >= 4 is 62.3 Å². The summed E-state index contributed by atoms with van der Waals surface area (Å²) in [6, 6.07) is 18.5. The van der Waals surface area contributed by atoms with Crippen molar-refractivity contribution in [1.82, 2.24) is 0 Å². The first kappa shape index (κ1) is 21.2. The van der Waals surface area contributed by atoms with Crippen LogP contribution in [0, 0.1) is 0 Å². The highest BCUT2D eigenvalue weighted by molar-refractivity contribution is 9.10. The molecule has 0 saturated heterocycles. The lowest BCUT2D eigenvalue weighted by atomic mass is 10.2. The van der Waals surface area contributed by atoms with Gasteiger partial charge >= 0.3 is 0 Å². The molecule has 0 heterocycles. The number of carbonyl (C=O) groups is 2. The van der Waals surface area contributed by atoms with Gasteiger partial charge < -0.3 is 15.4 Å². The molecule has 0 unspecified atom stereocenters. The van der Waals surface area contributed by atoms with Crippen molar-refractivity contribution in [2.45, 2.75) is 0 Å². The van der Waals surface area contributed by atoms with Gasteiger partial charge in [-0.3, -0.25) is 9.59 Å². The van der Waals surface area contributed by atoms with E-state index in [1.54, 1.807) is 66.7 Å². The Kier molecular flexibility index (Phi) is 7.14. The van der Waals surface area contributed by atoms with Crippen molar-refractivity contribution < 1.29 is 14.3 Å². The van der Waals surface area contributed by atoms with Gasteiger partial charge in [0.1, 0.15) is 5.75 Å². The molecule has 2 N–H and O–H groups in total. The molecule has 0 aliphatic rings. The van der Waals surface area contributed by atoms with Crippen LogP contribution in [0.1, 0.15) is 10.4 Å². The molecular formula is C21H15BrCl2N2O3. The summed E-state index contributed by atoms with van der Waals surface area (Å²) in [5.74, 6) is -0.178. The summed E-state index contributed by atoms with van der Waals surface area (Å²) in [4.78, 5) is 24.6. The van der Waals surface area contributed by atoms with Crippen molar-refractivity contribution in [3.63, 3.8) is 0 Å². The monoisotopic (exact) mass is 492 g/mol. The molecule has 2 amide bonds. The highest BCUT2D eigenvalue weighted by atomic mass is 79.9. The Labute approximate surface area is 186 Å². The molecule has 29 heavy (non-hydrogen) atoms. The van der Waals surface area contributed by atoms with Crippen LogP contribution in [0.15, 0.2) is 71.2 Å². The van der Waals surface area contributed by atoms with Gasteiger partial charge in [-0.2, -0.15) is 0 Å². The standard InChI is InChI=1S/C21H15BrCl2N2O3/c22-18-11-15(24)7-8-19(18)29-12-20(27)25-16-5-1-3-13(9-16)21(28)26-17-6-2-4-14(23)10-17/h1-11H,12H2,(H,25,27)(H,26,28). The quantitative estimate of drug-likeness (QED) is 0.440. The number of amides is 2. The molecule has 148 valence electrons. The van der Waals surface area contributed by atoms with Crippen LogP contribution in [0.4, 0.5) is 11.4 Å². The summed E-state index contributed by atoms with van der Waals surface area (Å²) in [5, 5.41) is 6.55. The molecule has 5 nitrogen and oxygen atoms in total. The molecule has 8 heteroatoms. The van der Waals surface area contributed by atoms with E-state index in [2.05, 4.69) is 26.6 Å². The maximum Gasteiger partial charge on any atom is 0.262 e. The van der Waals surface area contributed by atoms with Gasteiger partial charge in [0.25, 0.3) is 11.8 Å². The highest BCUT2D eigenvalue weighted by Gasteiger charge is 2.10. The number of carbonyl (C=O) groups excluding carboxylic acids is 2. The summed E-state index contributed by atoms with van der Waals surface area (Å²) in [6.07, 6.45) is 0. The van der Waals surface area contributed by atoms with E-state index in [0.29, 0.717) is 37.2 Å². The first-order valence-corrected chi connectivity index (χ1v) is 10.0. The van der Waals surface area contributed by atoms with E-state index >= 15 is 0 Å². The molecule has 0 fully saturated rings. The number of hydrogen-bond acceptors (Lipinski definition) is 3. The summed E-state index contributed by atoms with van der Waals surface area (Å²) >= 11 is 15.1. The minimum Gasteiger partial charge on any atom is -0.483 e. The van der Waals surface area contributed by atoms with E-state index in [9.17, 15) is 9.59 Å². The van der Waals surface area contributed by atoms with Gasteiger partial charge in [0.15, 0.2) is 6.61 Å². The molecule has 0 spiro atoms. The first-order valence-electron chi connectivity index (χ1n) is 8.45. The molecule has 0 saturated carbocycles. The van der Waals surface area contributed by atoms with E-state index in [1.807, 2.05) is 0 Å². The van der Waals surface area contributed by atoms with Crippen LogP contribution in [0.2, 0.25) is 10.0 Å². The average Bonchev–Trinajstić information content (AvgIpc) is 2.67. The third kappa shape index (κ3) is 6.22.